The van der Waals surface area contributed by atoms with Gasteiger partial charge in [-0.2, -0.15) is 0 Å². The Hall–Kier alpha value is 0.137. The fourth-order valence-corrected chi connectivity index (χ4v) is 3.58. The number of rotatable bonds is 2. The van der Waals surface area contributed by atoms with Crippen LogP contribution in [0.25, 0.3) is 0 Å². The second-order valence-electron chi connectivity index (χ2n) is 6.53. The molecule has 3 heteroatoms. The second-order valence-corrected chi connectivity index (χ2v) is 11.3. The van der Waals surface area contributed by atoms with Crippen molar-refractivity contribution in [2.24, 2.45) is 0 Å². The highest BCUT2D eigenvalue weighted by molar-refractivity contribution is 6.74. The van der Waals surface area contributed by atoms with E-state index < -0.39 is 8.32 Å². The lowest BCUT2D eigenvalue weighted by molar-refractivity contribution is 0.0365. The van der Waals surface area contributed by atoms with Crippen molar-refractivity contribution in [2.45, 2.75) is 76.5 Å². The van der Waals surface area contributed by atoms with Gasteiger partial charge in [0.1, 0.15) is 6.10 Å². The van der Waals surface area contributed by atoms with E-state index >= 15 is 0 Å². The molecule has 2 atom stereocenters. The standard InChI is InChI=1S/C12H24O2Si/c1-11(2,3)15(4,5)14-12-9-7-6-8-10(12)13-12/h10H,6-9H2,1-5H3. The monoisotopic (exact) mass is 228 g/mol. The first kappa shape index (κ1) is 11.6. The molecular formula is C12H24O2Si. The summed E-state index contributed by atoms with van der Waals surface area (Å²) in [7, 11) is -1.65. The molecule has 0 N–H and O–H groups in total. The maximum absolute atomic E-state index is 6.42. The largest absolute Gasteiger partial charge is 0.388 e. The summed E-state index contributed by atoms with van der Waals surface area (Å²) < 4.78 is 12.2. The van der Waals surface area contributed by atoms with E-state index in [1.165, 1.54) is 19.3 Å². The maximum Gasteiger partial charge on any atom is 0.195 e. The SMILES string of the molecule is CC(C)(C)[Si](C)(C)OC12CCCCC1O2. The van der Waals surface area contributed by atoms with Crippen molar-refractivity contribution in [3.63, 3.8) is 0 Å². The molecule has 0 amide bonds. The molecular weight excluding hydrogens is 204 g/mol. The number of fused-ring (bicyclic) bond motifs is 1. The molecule has 0 aromatic heterocycles. The van der Waals surface area contributed by atoms with Crippen LogP contribution >= 0.6 is 0 Å². The Bertz CT molecular complexity index is 257. The van der Waals surface area contributed by atoms with Gasteiger partial charge in [-0.25, -0.2) is 0 Å². The predicted octanol–water partition coefficient (Wildman–Crippen LogP) is 3.68. The molecule has 15 heavy (non-hydrogen) atoms. The average molecular weight is 228 g/mol. The molecule has 2 aliphatic rings. The summed E-state index contributed by atoms with van der Waals surface area (Å²) in [6.07, 6.45) is 5.32. The van der Waals surface area contributed by atoms with Crippen molar-refractivity contribution < 1.29 is 9.16 Å². The van der Waals surface area contributed by atoms with Gasteiger partial charge in [-0.1, -0.05) is 27.2 Å². The van der Waals surface area contributed by atoms with Gasteiger partial charge in [0.15, 0.2) is 14.1 Å². The quantitative estimate of drug-likeness (QED) is 0.531. The zero-order valence-corrected chi connectivity index (χ0v) is 11.7. The summed E-state index contributed by atoms with van der Waals surface area (Å²) in [6.45, 7) is 11.5. The summed E-state index contributed by atoms with van der Waals surface area (Å²) in [5, 5.41) is 0.287. The number of hydrogen-bond acceptors (Lipinski definition) is 2. The Kier molecular flexibility index (Phi) is 2.57. The van der Waals surface area contributed by atoms with Crippen molar-refractivity contribution in [2.75, 3.05) is 0 Å². The first-order valence-corrected chi connectivity index (χ1v) is 9.06. The molecule has 0 aromatic rings. The van der Waals surface area contributed by atoms with Gasteiger partial charge in [0.25, 0.3) is 0 Å². The van der Waals surface area contributed by atoms with E-state index in [0.717, 1.165) is 6.42 Å². The molecule has 2 rings (SSSR count). The molecule has 0 bridgehead atoms. The molecule has 88 valence electrons. The Labute approximate surface area is 94.5 Å². The van der Waals surface area contributed by atoms with Crippen molar-refractivity contribution in [3.8, 4) is 0 Å². The maximum atomic E-state index is 6.42. The fraction of sp³-hybridized carbons (Fsp3) is 1.00. The van der Waals surface area contributed by atoms with Crippen molar-refractivity contribution in [1.82, 2.24) is 0 Å². The fourth-order valence-electron chi connectivity index (χ4n) is 2.13. The molecule has 1 saturated heterocycles. The first-order chi connectivity index (χ1) is 6.77. The van der Waals surface area contributed by atoms with Crippen molar-refractivity contribution >= 4 is 8.32 Å². The first-order valence-electron chi connectivity index (χ1n) is 6.15. The number of ether oxygens (including phenoxy) is 1. The molecule has 0 aromatic carbocycles. The van der Waals surface area contributed by atoms with Crippen LogP contribution in [0.4, 0.5) is 0 Å². The summed E-state index contributed by atoms with van der Waals surface area (Å²) in [6, 6.07) is 0. The molecule has 0 radical (unpaired) electrons. The zero-order chi connectivity index (χ0) is 11.3. The van der Waals surface area contributed by atoms with Crippen LogP contribution in [0.15, 0.2) is 0 Å². The second kappa shape index (κ2) is 3.31. The summed E-state index contributed by atoms with van der Waals surface area (Å²) in [5.74, 6) is -0.152. The minimum absolute atomic E-state index is 0.152. The summed E-state index contributed by atoms with van der Waals surface area (Å²) >= 11 is 0. The van der Waals surface area contributed by atoms with Gasteiger partial charge in [-0.3, -0.25) is 0 Å². The third-order valence-electron chi connectivity index (χ3n) is 4.25. The highest BCUT2D eigenvalue weighted by Gasteiger charge is 2.61. The molecule has 1 saturated carbocycles. The van der Waals surface area contributed by atoms with Gasteiger partial charge in [0.05, 0.1) is 0 Å². The Morgan fingerprint density at radius 1 is 1.27 bits per heavy atom. The smallest absolute Gasteiger partial charge is 0.195 e. The van der Waals surface area contributed by atoms with Crippen LogP contribution in [-0.2, 0) is 9.16 Å². The van der Waals surface area contributed by atoms with Gasteiger partial charge in [-0.15, -0.1) is 0 Å². The number of epoxide rings is 1. The third kappa shape index (κ3) is 2.02. The molecule has 0 spiro atoms. The van der Waals surface area contributed by atoms with E-state index in [4.69, 9.17) is 9.16 Å². The molecule has 1 heterocycles. The van der Waals surface area contributed by atoms with E-state index in [-0.39, 0.29) is 10.8 Å². The minimum Gasteiger partial charge on any atom is -0.388 e. The van der Waals surface area contributed by atoms with E-state index in [1.54, 1.807) is 0 Å². The van der Waals surface area contributed by atoms with Crippen LogP contribution in [0, 0.1) is 0 Å². The summed E-state index contributed by atoms with van der Waals surface area (Å²) in [4.78, 5) is 0. The average Bonchev–Trinajstić information content (AvgIpc) is 2.74. The molecule has 2 fully saturated rings. The van der Waals surface area contributed by atoms with E-state index in [1.807, 2.05) is 0 Å². The molecule has 1 aliphatic carbocycles. The highest BCUT2D eigenvalue weighted by Crippen LogP contribution is 2.52. The molecule has 2 nitrogen and oxygen atoms in total. The lowest BCUT2D eigenvalue weighted by atomic mass is 9.98. The molecule has 2 unspecified atom stereocenters. The van der Waals surface area contributed by atoms with Crippen molar-refractivity contribution in [1.29, 1.82) is 0 Å². The van der Waals surface area contributed by atoms with Crippen LogP contribution in [0.3, 0.4) is 0 Å². The summed E-state index contributed by atoms with van der Waals surface area (Å²) in [5.41, 5.74) is 0. The predicted molar refractivity (Wildman–Crippen MR) is 64.4 cm³/mol. The Balaban J connectivity index is 2.03. The molecule has 1 aliphatic heterocycles. The van der Waals surface area contributed by atoms with Crippen LogP contribution in [0.5, 0.6) is 0 Å². The van der Waals surface area contributed by atoms with Crippen LogP contribution in [0.2, 0.25) is 18.1 Å². The minimum atomic E-state index is -1.65. The lowest BCUT2D eigenvalue weighted by Gasteiger charge is -2.39. The highest BCUT2D eigenvalue weighted by atomic mass is 28.4. The van der Waals surface area contributed by atoms with E-state index in [0.29, 0.717) is 6.10 Å². The number of hydrogen-bond donors (Lipinski definition) is 0. The van der Waals surface area contributed by atoms with Gasteiger partial charge in [-0.05, 0) is 31.0 Å². The van der Waals surface area contributed by atoms with Gasteiger partial charge in [0, 0.05) is 6.42 Å². The Morgan fingerprint density at radius 2 is 1.93 bits per heavy atom. The van der Waals surface area contributed by atoms with Crippen molar-refractivity contribution in [3.05, 3.63) is 0 Å². The zero-order valence-electron chi connectivity index (χ0n) is 10.7. The normalized spacial score (nSPS) is 36.2. The van der Waals surface area contributed by atoms with Crippen LogP contribution < -0.4 is 0 Å². The Morgan fingerprint density at radius 3 is 2.47 bits per heavy atom. The lowest BCUT2D eigenvalue weighted by Crippen LogP contribution is -2.46. The third-order valence-corrected chi connectivity index (χ3v) is 8.72. The van der Waals surface area contributed by atoms with Gasteiger partial charge in [0.2, 0.25) is 0 Å². The van der Waals surface area contributed by atoms with Gasteiger partial charge < -0.3 is 9.16 Å². The van der Waals surface area contributed by atoms with Crippen LogP contribution in [0.1, 0.15) is 46.5 Å². The van der Waals surface area contributed by atoms with E-state index in [2.05, 4.69) is 33.9 Å². The van der Waals surface area contributed by atoms with E-state index in [9.17, 15) is 0 Å². The van der Waals surface area contributed by atoms with Crippen LogP contribution in [-0.4, -0.2) is 20.2 Å². The van der Waals surface area contributed by atoms with Gasteiger partial charge >= 0.3 is 0 Å². The topological polar surface area (TPSA) is 21.8 Å².